The number of carbonyl (C=O) groups is 1. The molecule has 0 saturated heterocycles. The lowest BCUT2D eigenvalue weighted by atomic mass is 10.3. The summed E-state index contributed by atoms with van der Waals surface area (Å²) >= 11 is 0. The molecule has 0 fully saturated rings. The van der Waals surface area contributed by atoms with Gasteiger partial charge in [0.2, 0.25) is 0 Å². The van der Waals surface area contributed by atoms with Crippen molar-refractivity contribution in [3.63, 3.8) is 0 Å². The van der Waals surface area contributed by atoms with Crippen LogP contribution in [0.2, 0.25) is 0 Å². The third kappa shape index (κ3) is 4.59. The van der Waals surface area contributed by atoms with E-state index in [1.807, 2.05) is 0 Å². The Bertz CT molecular complexity index is 382. The quantitative estimate of drug-likeness (QED) is 0.485. The molecule has 6 heteroatoms. The molecule has 1 N–H and O–H groups in total. The SMILES string of the molecule is CC(=CC(=O)Nc1ccccc1)OB(F)F. The van der Waals surface area contributed by atoms with Gasteiger partial charge in [0.25, 0.3) is 5.91 Å². The fraction of sp³-hybridized carbons (Fsp3) is 0.100. The fourth-order valence-electron chi connectivity index (χ4n) is 1.06. The molecule has 0 heterocycles. The van der Waals surface area contributed by atoms with Gasteiger partial charge in [-0.05, 0) is 19.1 Å². The number of hydrogen-bond donors (Lipinski definition) is 1. The minimum absolute atomic E-state index is 0.136. The molecule has 0 aliphatic rings. The topological polar surface area (TPSA) is 38.3 Å². The van der Waals surface area contributed by atoms with Crippen molar-refractivity contribution in [2.75, 3.05) is 5.32 Å². The molecule has 0 radical (unpaired) electrons. The predicted octanol–water partition coefficient (Wildman–Crippen LogP) is 2.47. The molecule has 3 nitrogen and oxygen atoms in total. The van der Waals surface area contributed by atoms with E-state index in [0.29, 0.717) is 5.69 Å². The molecule has 0 aliphatic heterocycles. The number of rotatable bonds is 4. The van der Waals surface area contributed by atoms with Gasteiger partial charge >= 0.3 is 7.47 Å². The third-order valence-corrected chi connectivity index (χ3v) is 1.65. The number of para-hydroxylation sites is 1. The van der Waals surface area contributed by atoms with Gasteiger partial charge in [0.1, 0.15) is 0 Å². The van der Waals surface area contributed by atoms with Crippen molar-refractivity contribution in [2.24, 2.45) is 0 Å². The standard InChI is InChI=1S/C10H10BF2NO2/c1-8(16-11(12)13)7-10(15)14-9-5-3-2-4-6-9/h2-7H,1H3,(H,14,15). The Balaban J connectivity index is 2.54. The van der Waals surface area contributed by atoms with Gasteiger partial charge in [0, 0.05) is 11.8 Å². The number of hydrogen-bond acceptors (Lipinski definition) is 2. The Morgan fingerprint density at radius 1 is 1.38 bits per heavy atom. The van der Waals surface area contributed by atoms with Crippen LogP contribution in [0.5, 0.6) is 0 Å². The molecule has 0 saturated carbocycles. The molecule has 84 valence electrons. The fourth-order valence-corrected chi connectivity index (χ4v) is 1.06. The van der Waals surface area contributed by atoms with Crippen molar-refractivity contribution in [1.82, 2.24) is 0 Å². The van der Waals surface area contributed by atoms with Crippen LogP contribution in [0, 0.1) is 0 Å². The van der Waals surface area contributed by atoms with Crippen LogP contribution in [0.25, 0.3) is 0 Å². The zero-order valence-electron chi connectivity index (χ0n) is 8.61. The van der Waals surface area contributed by atoms with Gasteiger partial charge in [-0.25, -0.2) is 8.63 Å². The van der Waals surface area contributed by atoms with E-state index in [1.165, 1.54) is 6.92 Å². The van der Waals surface area contributed by atoms with Crippen LogP contribution in [0.4, 0.5) is 14.3 Å². The first kappa shape index (κ1) is 12.2. The maximum Gasteiger partial charge on any atom is 0.796 e. The zero-order valence-corrected chi connectivity index (χ0v) is 8.61. The second-order valence-corrected chi connectivity index (χ2v) is 2.99. The van der Waals surface area contributed by atoms with Crippen molar-refractivity contribution >= 4 is 19.1 Å². The number of allylic oxidation sites excluding steroid dienone is 1. The van der Waals surface area contributed by atoms with Gasteiger partial charge in [-0.1, -0.05) is 18.2 Å². The molecule has 0 aliphatic carbocycles. The molecule has 0 bridgehead atoms. The van der Waals surface area contributed by atoms with Crippen LogP contribution in [-0.2, 0) is 9.45 Å². The summed E-state index contributed by atoms with van der Waals surface area (Å²) in [5, 5.41) is 2.51. The Kier molecular flexibility index (Phi) is 4.51. The number of amides is 1. The van der Waals surface area contributed by atoms with Crippen molar-refractivity contribution in [1.29, 1.82) is 0 Å². The van der Waals surface area contributed by atoms with Gasteiger partial charge in [0.05, 0.1) is 5.76 Å². The van der Waals surface area contributed by atoms with Gasteiger partial charge < -0.3 is 9.97 Å². The Labute approximate surface area is 92.3 Å². The number of nitrogens with one attached hydrogen (secondary N) is 1. The lowest BCUT2D eigenvalue weighted by Crippen LogP contribution is -2.10. The maximum absolute atomic E-state index is 11.8. The maximum atomic E-state index is 11.8. The second kappa shape index (κ2) is 5.90. The van der Waals surface area contributed by atoms with Crippen LogP contribution in [0.3, 0.4) is 0 Å². The molecule has 0 aromatic heterocycles. The van der Waals surface area contributed by atoms with Crippen LogP contribution < -0.4 is 5.32 Å². The molecule has 1 aromatic rings. The Morgan fingerprint density at radius 2 is 2.00 bits per heavy atom. The van der Waals surface area contributed by atoms with E-state index in [4.69, 9.17) is 0 Å². The summed E-state index contributed by atoms with van der Waals surface area (Å²) in [6.07, 6.45) is 0.971. The molecular formula is C10H10BF2NO2. The summed E-state index contributed by atoms with van der Waals surface area (Å²) in [4.78, 5) is 11.3. The molecule has 0 spiro atoms. The highest BCUT2D eigenvalue weighted by Gasteiger charge is 2.17. The first-order chi connectivity index (χ1) is 7.58. The average molecular weight is 225 g/mol. The molecule has 1 rings (SSSR count). The minimum Gasteiger partial charge on any atom is -0.509 e. The average Bonchev–Trinajstić information content (AvgIpc) is 2.17. The third-order valence-electron chi connectivity index (χ3n) is 1.65. The largest absolute Gasteiger partial charge is 0.796 e. The van der Waals surface area contributed by atoms with E-state index < -0.39 is 13.4 Å². The predicted molar refractivity (Wildman–Crippen MR) is 57.9 cm³/mol. The van der Waals surface area contributed by atoms with Crippen molar-refractivity contribution < 1.29 is 18.1 Å². The van der Waals surface area contributed by atoms with Crippen LogP contribution >= 0.6 is 0 Å². The zero-order chi connectivity index (χ0) is 12.0. The smallest absolute Gasteiger partial charge is 0.509 e. The number of anilines is 1. The summed E-state index contributed by atoms with van der Waals surface area (Å²) in [7, 11) is -2.92. The summed E-state index contributed by atoms with van der Waals surface area (Å²) in [6, 6.07) is 8.68. The molecule has 0 atom stereocenters. The van der Waals surface area contributed by atoms with Crippen molar-refractivity contribution in [2.45, 2.75) is 6.92 Å². The Morgan fingerprint density at radius 3 is 2.56 bits per heavy atom. The second-order valence-electron chi connectivity index (χ2n) is 2.99. The lowest BCUT2D eigenvalue weighted by molar-refractivity contribution is -0.112. The normalized spacial score (nSPS) is 10.8. The number of carbonyl (C=O) groups excluding carboxylic acids is 1. The molecule has 1 amide bonds. The highest BCUT2D eigenvalue weighted by atomic mass is 19.2. The molecule has 0 unspecified atom stereocenters. The molecule has 1 aromatic carbocycles. The van der Waals surface area contributed by atoms with E-state index >= 15 is 0 Å². The van der Waals surface area contributed by atoms with Crippen LogP contribution in [-0.4, -0.2) is 13.4 Å². The number of halogens is 2. The highest BCUT2D eigenvalue weighted by molar-refractivity contribution is 6.34. The summed E-state index contributed by atoms with van der Waals surface area (Å²) < 4.78 is 27.6. The number of benzene rings is 1. The Hall–Kier alpha value is -1.85. The summed E-state index contributed by atoms with van der Waals surface area (Å²) in [5.74, 6) is -0.646. The summed E-state index contributed by atoms with van der Waals surface area (Å²) in [6.45, 7) is 1.29. The lowest BCUT2D eigenvalue weighted by Gasteiger charge is -2.03. The van der Waals surface area contributed by atoms with Gasteiger partial charge in [-0.2, -0.15) is 0 Å². The van der Waals surface area contributed by atoms with Crippen molar-refractivity contribution in [3.8, 4) is 0 Å². The first-order valence-electron chi connectivity index (χ1n) is 4.57. The minimum atomic E-state index is -2.92. The van der Waals surface area contributed by atoms with E-state index in [0.717, 1.165) is 6.08 Å². The van der Waals surface area contributed by atoms with Gasteiger partial charge in [-0.15, -0.1) is 0 Å². The first-order valence-corrected chi connectivity index (χ1v) is 4.57. The van der Waals surface area contributed by atoms with E-state index in [2.05, 4.69) is 9.97 Å². The monoisotopic (exact) mass is 225 g/mol. The van der Waals surface area contributed by atoms with Crippen molar-refractivity contribution in [3.05, 3.63) is 42.2 Å². The van der Waals surface area contributed by atoms with Gasteiger partial charge in [0.15, 0.2) is 0 Å². The van der Waals surface area contributed by atoms with E-state index in [1.54, 1.807) is 30.3 Å². The molecular weight excluding hydrogens is 215 g/mol. The van der Waals surface area contributed by atoms with Gasteiger partial charge in [-0.3, -0.25) is 4.79 Å². The highest BCUT2D eigenvalue weighted by Crippen LogP contribution is 2.06. The summed E-state index contributed by atoms with van der Waals surface area (Å²) in [5.41, 5.74) is 0.591. The van der Waals surface area contributed by atoms with Crippen LogP contribution in [0.15, 0.2) is 42.2 Å². The molecule has 16 heavy (non-hydrogen) atoms. The van der Waals surface area contributed by atoms with E-state index in [-0.39, 0.29) is 5.76 Å². The van der Waals surface area contributed by atoms with Crippen LogP contribution in [0.1, 0.15) is 6.92 Å². The van der Waals surface area contributed by atoms with E-state index in [9.17, 15) is 13.4 Å².